The minimum atomic E-state index is -4.64. The maximum atomic E-state index is 12.5. The highest BCUT2D eigenvalue weighted by molar-refractivity contribution is 5.40. The van der Waals surface area contributed by atoms with Crippen molar-refractivity contribution in [2.24, 2.45) is 5.84 Å². The van der Waals surface area contributed by atoms with Crippen molar-refractivity contribution in [2.75, 3.05) is 5.43 Å². The second-order valence-corrected chi connectivity index (χ2v) is 3.05. The van der Waals surface area contributed by atoms with Crippen LogP contribution in [0.25, 0.3) is 5.82 Å². The summed E-state index contributed by atoms with van der Waals surface area (Å²) in [7, 11) is 0. The van der Waals surface area contributed by atoms with Crippen molar-refractivity contribution in [3.8, 4) is 5.82 Å². The number of alkyl halides is 3. The number of nitrogen functional groups attached to an aromatic ring is 1. The van der Waals surface area contributed by atoms with E-state index in [1.807, 2.05) is 0 Å². The van der Waals surface area contributed by atoms with E-state index in [2.05, 4.69) is 20.4 Å². The van der Waals surface area contributed by atoms with Gasteiger partial charge in [-0.2, -0.15) is 13.2 Å². The van der Waals surface area contributed by atoms with Gasteiger partial charge in [-0.1, -0.05) is 0 Å². The summed E-state index contributed by atoms with van der Waals surface area (Å²) >= 11 is 0. The second-order valence-electron chi connectivity index (χ2n) is 3.05. The number of anilines is 1. The first-order valence-electron chi connectivity index (χ1n) is 4.42. The van der Waals surface area contributed by atoms with Crippen LogP contribution in [0.1, 0.15) is 5.82 Å². The SMILES string of the molecule is NNc1cc(-n2ccnc2)nc(C(F)(F)F)n1. The molecule has 0 amide bonds. The number of nitrogens with one attached hydrogen (secondary N) is 1. The predicted molar refractivity (Wildman–Crippen MR) is 52.0 cm³/mol. The van der Waals surface area contributed by atoms with Gasteiger partial charge in [0.25, 0.3) is 0 Å². The minimum Gasteiger partial charge on any atom is -0.308 e. The molecule has 90 valence electrons. The third-order valence-electron chi connectivity index (χ3n) is 1.88. The quantitative estimate of drug-likeness (QED) is 0.607. The van der Waals surface area contributed by atoms with Crippen LogP contribution in [0.3, 0.4) is 0 Å². The first-order chi connectivity index (χ1) is 8.00. The molecule has 0 spiro atoms. The fourth-order valence-corrected chi connectivity index (χ4v) is 1.16. The van der Waals surface area contributed by atoms with Gasteiger partial charge in [0, 0.05) is 18.5 Å². The number of hydrazine groups is 1. The van der Waals surface area contributed by atoms with Gasteiger partial charge < -0.3 is 5.43 Å². The Morgan fingerprint density at radius 3 is 2.59 bits per heavy atom. The van der Waals surface area contributed by atoms with Crippen LogP contribution >= 0.6 is 0 Å². The van der Waals surface area contributed by atoms with Gasteiger partial charge in [0.2, 0.25) is 5.82 Å². The van der Waals surface area contributed by atoms with E-state index in [0.717, 1.165) is 0 Å². The van der Waals surface area contributed by atoms with Gasteiger partial charge in [0.05, 0.1) is 0 Å². The van der Waals surface area contributed by atoms with Gasteiger partial charge >= 0.3 is 6.18 Å². The molecule has 0 aliphatic heterocycles. The van der Waals surface area contributed by atoms with Crippen molar-refractivity contribution in [1.82, 2.24) is 19.5 Å². The maximum Gasteiger partial charge on any atom is 0.451 e. The van der Waals surface area contributed by atoms with Crippen molar-refractivity contribution in [2.45, 2.75) is 6.18 Å². The van der Waals surface area contributed by atoms with Crippen molar-refractivity contribution in [3.63, 3.8) is 0 Å². The highest BCUT2D eigenvalue weighted by atomic mass is 19.4. The number of hydrogen-bond donors (Lipinski definition) is 2. The average Bonchev–Trinajstić information content (AvgIpc) is 2.80. The fraction of sp³-hybridized carbons (Fsp3) is 0.125. The normalized spacial score (nSPS) is 11.5. The molecule has 0 aliphatic carbocycles. The molecule has 6 nitrogen and oxygen atoms in total. The average molecular weight is 244 g/mol. The molecule has 2 rings (SSSR count). The smallest absolute Gasteiger partial charge is 0.308 e. The number of imidazole rings is 1. The van der Waals surface area contributed by atoms with E-state index in [9.17, 15) is 13.2 Å². The molecule has 2 aromatic rings. The van der Waals surface area contributed by atoms with E-state index in [-0.39, 0.29) is 11.6 Å². The Kier molecular flexibility index (Phi) is 2.68. The highest BCUT2D eigenvalue weighted by Gasteiger charge is 2.35. The molecule has 0 saturated heterocycles. The summed E-state index contributed by atoms with van der Waals surface area (Å²) in [5.74, 6) is 3.68. The van der Waals surface area contributed by atoms with Crippen LogP contribution in [0.2, 0.25) is 0 Å². The van der Waals surface area contributed by atoms with Crippen molar-refractivity contribution in [3.05, 3.63) is 30.6 Å². The van der Waals surface area contributed by atoms with Crippen molar-refractivity contribution < 1.29 is 13.2 Å². The van der Waals surface area contributed by atoms with Crippen molar-refractivity contribution in [1.29, 1.82) is 0 Å². The first kappa shape index (κ1) is 11.3. The van der Waals surface area contributed by atoms with Gasteiger partial charge in [-0.3, -0.25) is 4.57 Å². The third-order valence-corrected chi connectivity index (χ3v) is 1.88. The Bertz CT molecular complexity index is 506. The highest BCUT2D eigenvalue weighted by Crippen LogP contribution is 2.27. The molecular weight excluding hydrogens is 237 g/mol. The molecule has 3 N–H and O–H groups in total. The molecule has 0 atom stereocenters. The summed E-state index contributed by atoms with van der Waals surface area (Å²) < 4.78 is 38.8. The van der Waals surface area contributed by atoms with Crippen LogP contribution in [-0.2, 0) is 6.18 Å². The van der Waals surface area contributed by atoms with Crippen LogP contribution in [-0.4, -0.2) is 19.5 Å². The summed E-state index contributed by atoms with van der Waals surface area (Å²) in [6.45, 7) is 0. The first-order valence-corrected chi connectivity index (χ1v) is 4.42. The molecule has 2 heterocycles. The van der Waals surface area contributed by atoms with E-state index >= 15 is 0 Å². The lowest BCUT2D eigenvalue weighted by Crippen LogP contribution is -2.17. The predicted octanol–water partition coefficient (Wildman–Crippen LogP) is 0.967. The van der Waals surface area contributed by atoms with Gasteiger partial charge in [-0.15, -0.1) is 0 Å². The van der Waals surface area contributed by atoms with Gasteiger partial charge in [-0.25, -0.2) is 20.8 Å². The van der Waals surface area contributed by atoms with E-state index in [1.165, 1.54) is 29.4 Å². The number of hydrogen-bond acceptors (Lipinski definition) is 5. The van der Waals surface area contributed by atoms with Crippen LogP contribution in [0, 0.1) is 0 Å². The molecule has 2 aromatic heterocycles. The summed E-state index contributed by atoms with van der Waals surface area (Å²) in [4.78, 5) is 10.3. The van der Waals surface area contributed by atoms with Crippen LogP contribution in [0.4, 0.5) is 19.0 Å². The Hall–Kier alpha value is -2.16. The zero-order chi connectivity index (χ0) is 12.5. The van der Waals surface area contributed by atoms with E-state index in [4.69, 9.17) is 5.84 Å². The summed E-state index contributed by atoms with van der Waals surface area (Å²) in [5, 5.41) is 0. The van der Waals surface area contributed by atoms with Gasteiger partial charge in [-0.05, 0) is 0 Å². The fourth-order valence-electron chi connectivity index (χ4n) is 1.16. The molecule has 0 saturated carbocycles. The Morgan fingerprint density at radius 2 is 2.06 bits per heavy atom. The molecule has 0 aromatic carbocycles. The van der Waals surface area contributed by atoms with Crippen LogP contribution < -0.4 is 11.3 Å². The van der Waals surface area contributed by atoms with E-state index < -0.39 is 12.0 Å². The topological polar surface area (TPSA) is 81.6 Å². The number of nitrogens with two attached hydrogens (primary N) is 1. The molecule has 17 heavy (non-hydrogen) atoms. The Labute approximate surface area is 93.3 Å². The number of rotatable bonds is 2. The molecule has 0 unspecified atom stereocenters. The Morgan fingerprint density at radius 1 is 1.29 bits per heavy atom. The molecule has 0 fully saturated rings. The zero-order valence-electron chi connectivity index (χ0n) is 8.31. The largest absolute Gasteiger partial charge is 0.451 e. The monoisotopic (exact) mass is 244 g/mol. The van der Waals surface area contributed by atoms with Crippen LogP contribution in [0.15, 0.2) is 24.8 Å². The zero-order valence-corrected chi connectivity index (χ0v) is 8.31. The standard InChI is InChI=1S/C8H7F3N6/c9-8(10,11)7-14-5(16-12)3-6(15-7)17-2-1-13-4-17/h1-4H,12H2,(H,14,15,16). The van der Waals surface area contributed by atoms with E-state index in [0.29, 0.717) is 0 Å². The number of aromatic nitrogens is 4. The number of halogens is 3. The lowest BCUT2D eigenvalue weighted by Gasteiger charge is -2.09. The summed E-state index contributed by atoms with van der Waals surface area (Å²) in [6.07, 6.45) is -0.432. The number of nitrogens with zero attached hydrogens (tertiary/aromatic N) is 4. The van der Waals surface area contributed by atoms with Crippen molar-refractivity contribution >= 4 is 5.82 Å². The molecule has 0 radical (unpaired) electrons. The second kappa shape index (κ2) is 4.01. The van der Waals surface area contributed by atoms with Gasteiger partial charge in [0.1, 0.15) is 18.0 Å². The van der Waals surface area contributed by atoms with Gasteiger partial charge in [0.15, 0.2) is 0 Å². The molecule has 0 bridgehead atoms. The molecular formula is C8H7F3N6. The lowest BCUT2D eigenvalue weighted by molar-refractivity contribution is -0.144. The Balaban J connectivity index is 2.54. The third kappa shape index (κ3) is 2.33. The maximum absolute atomic E-state index is 12.5. The summed E-state index contributed by atoms with van der Waals surface area (Å²) in [6, 6.07) is 1.27. The molecule has 0 aliphatic rings. The van der Waals surface area contributed by atoms with E-state index in [1.54, 1.807) is 0 Å². The molecule has 9 heteroatoms. The summed E-state index contributed by atoms with van der Waals surface area (Å²) in [5.41, 5.74) is 2.06. The minimum absolute atomic E-state index is 0.0257. The lowest BCUT2D eigenvalue weighted by atomic mass is 10.4. The van der Waals surface area contributed by atoms with Crippen LogP contribution in [0.5, 0.6) is 0 Å².